The number of hydrogen-bond acceptors (Lipinski definition) is 7. The van der Waals surface area contributed by atoms with E-state index >= 15 is 0 Å². The number of rotatable bonds is 4. The molecule has 34 heavy (non-hydrogen) atoms. The summed E-state index contributed by atoms with van der Waals surface area (Å²) in [6, 6.07) is 7.51. The molecule has 180 valence electrons. The van der Waals surface area contributed by atoms with Gasteiger partial charge in [0.25, 0.3) is 0 Å². The number of amides is 2. The molecule has 0 radical (unpaired) electrons. The van der Waals surface area contributed by atoms with Gasteiger partial charge >= 0.3 is 0 Å². The number of nitrogens with zero attached hydrogens (tertiary/aromatic N) is 5. The summed E-state index contributed by atoms with van der Waals surface area (Å²) in [7, 11) is 0. The monoisotopic (exact) mass is 465 g/mol. The Morgan fingerprint density at radius 2 is 1.76 bits per heavy atom. The molecule has 2 aromatic rings. The second kappa shape index (κ2) is 9.12. The molecule has 2 fully saturated rings. The van der Waals surface area contributed by atoms with Crippen LogP contribution in [0.5, 0.6) is 11.5 Å². The number of carbonyl (C=O) groups excluding carboxylic acids is 2. The van der Waals surface area contributed by atoms with Crippen LogP contribution >= 0.6 is 0 Å². The third-order valence-electron chi connectivity index (χ3n) is 6.60. The van der Waals surface area contributed by atoms with Crippen LogP contribution in [0.1, 0.15) is 37.7 Å². The van der Waals surface area contributed by atoms with E-state index in [0.29, 0.717) is 57.4 Å². The molecule has 5 rings (SSSR count). The fraction of sp³-hybridized carbons (Fsp3) is 0.520. The Morgan fingerprint density at radius 1 is 1.03 bits per heavy atom. The van der Waals surface area contributed by atoms with Crippen molar-refractivity contribution in [3.8, 4) is 11.5 Å². The fourth-order valence-corrected chi connectivity index (χ4v) is 4.73. The van der Waals surface area contributed by atoms with Crippen molar-refractivity contribution in [3.63, 3.8) is 0 Å². The average molecular weight is 466 g/mol. The van der Waals surface area contributed by atoms with Gasteiger partial charge in [-0.1, -0.05) is 13.8 Å². The molecule has 3 aliphatic heterocycles. The van der Waals surface area contributed by atoms with Gasteiger partial charge in [0.1, 0.15) is 24.9 Å². The van der Waals surface area contributed by atoms with Crippen LogP contribution in [-0.2, 0) is 9.59 Å². The molecule has 2 amide bonds. The van der Waals surface area contributed by atoms with Crippen LogP contribution in [0.15, 0.2) is 24.3 Å². The number of carbonyl (C=O) groups is 2. The third-order valence-corrected chi connectivity index (χ3v) is 6.60. The summed E-state index contributed by atoms with van der Waals surface area (Å²) in [5, 5.41) is 0. The highest BCUT2D eigenvalue weighted by Crippen LogP contribution is 2.36. The van der Waals surface area contributed by atoms with Gasteiger partial charge in [-0.2, -0.15) is 0 Å². The van der Waals surface area contributed by atoms with Gasteiger partial charge in [0.2, 0.25) is 11.8 Å². The second-order valence-corrected chi connectivity index (χ2v) is 9.43. The molecule has 0 unspecified atom stereocenters. The molecule has 4 heterocycles. The molecule has 0 saturated carbocycles. The maximum atomic E-state index is 13.3. The molecule has 1 aromatic carbocycles. The Morgan fingerprint density at radius 3 is 2.50 bits per heavy atom. The Hall–Kier alpha value is -3.36. The molecular formula is C25H31N5O4. The first kappa shape index (κ1) is 22.4. The van der Waals surface area contributed by atoms with Crippen molar-refractivity contribution in [2.24, 2.45) is 5.92 Å². The van der Waals surface area contributed by atoms with Crippen LogP contribution in [0.2, 0.25) is 0 Å². The number of piperazine rings is 1. The molecule has 1 atom stereocenters. The highest BCUT2D eigenvalue weighted by molar-refractivity contribution is 6.00. The molecule has 0 spiro atoms. The van der Waals surface area contributed by atoms with Crippen molar-refractivity contribution in [1.82, 2.24) is 14.9 Å². The van der Waals surface area contributed by atoms with E-state index in [1.807, 2.05) is 36.1 Å². The van der Waals surface area contributed by atoms with Crippen molar-refractivity contribution in [2.75, 3.05) is 55.7 Å². The first-order chi connectivity index (χ1) is 16.4. The van der Waals surface area contributed by atoms with E-state index in [4.69, 9.17) is 14.5 Å². The van der Waals surface area contributed by atoms with Crippen molar-refractivity contribution in [3.05, 3.63) is 35.8 Å². The Kier molecular flexibility index (Phi) is 6.02. The number of benzene rings is 1. The summed E-state index contributed by atoms with van der Waals surface area (Å²) >= 11 is 0. The summed E-state index contributed by atoms with van der Waals surface area (Å²) in [5.41, 5.74) is 1.70. The number of fused-ring (bicyclic) bond motifs is 1. The topological polar surface area (TPSA) is 88.1 Å². The molecule has 0 bridgehead atoms. The van der Waals surface area contributed by atoms with Crippen LogP contribution in [0.4, 0.5) is 11.5 Å². The van der Waals surface area contributed by atoms with E-state index in [1.54, 1.807) is 4.90 Å². The lowest BCUT2D eigenvalue weighted by molar-refractivity contribution is -0.136. The lowest BCUT2D eigenvalue weighted by atomic mass is 10.1. The van der Waals surface area contributed by atoms with Gasteiger partial charge in [0.15, 0.2) is 11.5 Å². The second-order valence-electron chi connectivity index (χ2n) is 9.43. The average Bonchev–Trinajstić information content (AvgIpc) is 3.24. The molecule has 3 aliphatic rings. The predicted molar refractivity (Wildman–Crippen MR) is 128 cm³/mol. The zero-order valence-corrected chi connectivity index (χ0v) is 20.0. The standard InChI is InChI=1S/C25H31N5O4/c1-16(2)24-26-17(3)12-22(27-24)28-6-8-29(9-7-28)25(32)18-13-23(31)30(15-18)19-4-5-20-21(14-19)34-11-10-33-20/h4-5,12,14,16,18H,6-11,13,15H2,1-3H3/t18-/m1/s1. The maximum absolute atomic E-state index is 13.3. The Labute approximate surface area is 199 Å². The highest BCUT2D eigenvalue weighted by atomic mass is 16.6. The smallest absolute Gasteiger partial charge is 0.228 e. The van der Waals surface area contributed by atoms with Crippen molar-refractivity contribution < 1.29 is 19.1 Å². The zero-order valence-electron chi connectivity index (χ0n) is 20.0. The van der Waals surface area contributed by atoms with Gasteiger partial charge in [-0.15, -0.1) is 0 Å². The van der Waals surface area contributed by atoms with Crippen molar-refractivity contribution in [1.29, 1.82) is 0 Å². The van der Waals surface area contributed by atoms with Crippen molar-refractivity contribution >= 4 is 23.3 Å². The molecule has 0 aliphatic carbocycles. The Balaban J connectivity index is 1.21. The van der Waals surface area contributed by atoms with Crippen LogP contribution < -0.4 is 19.3 Å². The van der Waals surface area contributed by atoms with E-state index in [0.717, 1.165) is 23.0 Å². The molecule has 1 aromatic heterocycles. The van der Waals surface area contributed by atoms with Gasteiger partial charge in [0.05, 0.1) is 5.92 Å². The number of aromatic nitrogens is 2. The van der Waals surface area contributed by atoms with Gasteiger partial charge in [-0.25, -0.2) is 9.97 Å². The SMILES string of the molecule is Cc1cc(N2CCN(C(=O)[C@@H]3CC(=O)N(c4ccc5c(c4)OCCO5)C3)CC2)nc(C(C)C)n1. The zero-order chi connectivity index (χ0) is 23.8. The van der Waals surface area contributed by atoms with Gasteiger partial charge in [-0.05, 0) is 19.1 Å². The minimum absolute atomic E-state index is 0.0358. The Bertz CT molecular complexity index is 1100. The van der Waals surface area contributed by atoms with Crippen LogP contribution in [0.3, 0.4) is 0 Å². The first-order valence-electron chi connectivity index (χ1n) is 12.0. The number of aryl methyl sites for hydroxylation is 1. The van der Waals surface area contributed by atoms with Crippen LogP contribution in [0, 0.1) is 12.8 Å². The maximum Gasteiger partial charge on any atom is 0.228 e. The molecular weight excluding hydrogens is 434 g/mol. The quantitative estimate of drug-likeness (QED) is 0.685. The van der Waals surface area contributed by atoms with Crippen molar-refractivity contribution in [2.45, 2.75) is 33.1 Å². The summed E-state index contributed by atoms with van der Waals surface area (Å²) in [4.78, 5) is 41.1. The summed E-state index contributed by atoms with van der Waals surface area (Å²) in [6.45, 7) is 10.2. The predicted octanol–water partition coefficient (Wildman–Crippen LogP) is 2.38. The fourth-order valence-electron chi connectivity index (χ4n) is 4.73. The number of anilines is 2. The van der Waals surface area contributed by atoms with Crippen LogP contribution in [-0.4, -0.2) is 72.6 Å². The molecule has 0 N–H and O–H groups in total. The first-order valence-corrected chi connectivity index (χ1v) is 12.0. The third kappa shape index (κ3) is 4.38. The minimum atomic E-state index is -0.332. The molecule has 9 heteroatoms. The molecule has 2 saturated heterocycles. The summed E-state index contributed by atoms with van der Waals surface area (Å²) in [6.07, 6.45) is 0.232. The summed E-state index contributed by atoms with van der Waals surface area (Å²) in [5.74, 6) is 3.04. The van der Waals surface area contributed by atoms with Crippen LogP contribution in [0.25, 0.3) is 0 Å². The highest BCUT2D eigenvalue weighted by Gasteiger charge is 2.38. The van der Waals surface area contributed by atoms with E-state index in [9.17, 15) is 9.59 Å². The number of ether oxygens (including phenoxy) is 2. The van der Waals surface area contributed by atoms with Gasteiger partial charge in [-0.3, -0.25) is 9.59 Å². The van der Waals surface area contributed by atoms with E-state index in [1.165, 1.54) is 0 Å². The van der Waals surface area contributed by atoms with E-state index < -0.39 is 0 Å². The normalized spacial score (nSPS) is 20.3. The number of hydrogen-bond donors (Lipinski definition) is 0. The lowest BCUT2D eigenvalue weighted by Gasteiger charge is -2.36. The van der Waals surface area contributed by atoms with E-state index in [2.05, 4.69) is 23.7 Å². The largest absolute Gasteiger partial charge is 0.486 e. The lowest BCUT2D eigenvalue weighted by Crippen LogP contribution is -2.51. The summed E-state index contributed by atoms with van der Waals surface area (Å²) < 4.78 is 11.2. The minimum Gasteiger partial charge on any atom is -0.486 e. The molecule has 9 nitrogen and oxygen atoms in total. The van der Waals surface area contributed by atoms with Gasteiger partial charge in [0, 0.05) is 68.6 Å². The van der Waals surface area contributed by atoms with Gasteiger partial charge < -0.3 is 24.2 Å². The van der Waals surface area contributed by atoms with E-state index in [-0.39, 0.29) is 30.1 Å².